The molecule has 0 saturated heterocycles. The number of aliphatic hydroxyl groups is 1. The number of unbranched alkanes of at least 4 members (excludes halogenated alkanes) is 1. The minimum Gasteiger partial charge on any atom is -0.507 e. The van der Waals surface area contributed by atoms with E-state index in [1.165, 1.54) is 0 Å². The first kappa shape index (κ1) is 23.6. The molecule has 2 heterocycles. The van der Waals surface area contributed by atoms with Crippen molar-refractivity contribution in [3.8, 4) is 28.5 Å². The molecule has 4 rings (SSSR count). The zero-order valence-electron chi connectivity index (χ0n) is 19.6. The number of phenols is 1. The third-order valence-corrected chi connectivity index (χ3v) is 5.92. The number of ether oxygens (including phenoxy) is 2. The van der Waals surface area contributed by atoms with Gasteiger partial charge < -0.3 is 24.6 Å². The number of carbonyl (C=O) groups excluding carboxylic acids is 1. The largest absolute Gasteiger partial charge is 0.507 e. The highest BCUT2D eigenvalue weighted by Crippen LogP contribution is 2.45. The van der Waals surface area contributed by atoms with Crippen molar-refractivity contribution in [2.75, 3.05) is 26.4 Å². The number of benzene rings is 2. The van der Waals surface area contributed by atoms with E-state index in [9.17, 15) is 15.0 Å². The third-order valence-electron chi connectivity index (χ3n) is 5.92. The van der Waals surface area contributed by atoms with E-state index in [0.717, 1.165) is 18.4 Å². The Balaban J connectivity index is 1.81. The van der Waals surface area contributed by atoms with E-state index in [0.29, 0.717) is 60.2 Å². The van der Waals surface area contributed by atoms with E-state index in [-0.39, 0.29) is 18.3 Å². The third kappa shape index (κ3) is 4.46. The van der Waals surface area contributed by atoms with Gasteiger partial charge in [-0.2, -0.15) is 5.10 Å². The highest BCUT2D eigenvalue weighted by molar-refractivity contribution is 6.00. The van der Waals surface area contributed by atoms with Crippen LogP contribution < -0.4 is 9.47 Å². The fourth-order valence-corrected chi connectivity index (χ4v) is 4.30. The van der Waals surface area contributed by atoms with Gasteiger partial charge in [-0.25, -0.2) is 0 Å². The summed E-state index contributed by atoms with van der Waals surface area (Å²) >= 11 is 0. The lowest BCUT2D eigenvalue weighted by Crippen LogP contribution is -2.31. The van der Waals surface area contributed by atoms with E-state index in [4.69, 9.17) is 9.47 Å². The number of fused-ring (bicyclic) bond motifs is 1. The van der Waals surface area contributed by atoms with Crippen molar-refractivity contribution in [2.45, 2.75) is 39.2 Å². The van der Waals surface area contributed by atoms with E-state index < -0.39 is 6.04 Å². The van der Waals surface area contributed by atoms with Crippen molar-refractivity contribution in [3.63, 3.8) is 0 Å². The lowest BCUT2D eigenvalue weighted by molar-refractivity contribution is 0.0732. The quantitative estimate of drug-likeness (QED) is 0.365. The summed E-state index contributed by atoms with van der Waals surface area (Å²) in [5.41, 5.74) is 3.01. The van der Waals surface area contributed by atoms with Crippen LogP contribution in [-0.2, 0) is 0 Å². The van der Waals surface area contributed by atoms with Gasteiger partial charge >= 0.3 is 0 Å². The fraction of sp³-hybridized carbons (Fsp3) is 0.385. The fourth-order valence-electron chi connectivity index (χ4n) is 4.30. The van der Waals surface area contributed by atoms with Gasteiger partial charge in [-0.05, 0) is 49.6 Å². The lowest BCUT2D eigenvalue weighted by Gasteiger charge is -2.27. The normalized spacial score (nSPS) is 15.0. The number of carbonyl (C=O) groups is 1. The Labute approximate surface area is 199 Å². The highest BCUT2D eigenvalue weighted by atomic mass is 16.5. The molecule has 3 N–H and O–H groups in total. The number of H-pyrrole nitrogens is 1. The van der Waals surface area contributed by atoms with Gasteiger partial charge in [0, 0.05) is 24.3 Å². The molecule has 0 radical (unpaired) electrons. The summed E-state index contributed by atoms with van der Waals surface area (Å²) in [5.74, 6) is 1.18. The molecule has 1 amide bonds. The van der Waals surface area contributed by atoms with Gasteiger partial charge in [0.2, 0.25) is 0 Å². The average Bonchev–Trinajstić information content (AvgIpc) is 3.38. The molecule has 0 unspecified atom stereocenters. The van der Waals surface area contributed by atoms with Crippen LogP contribution in [0.15, 0.2) is 42.5 Å². The summed E-state index contributed by atoms with van der Waals surface area (Å²) in [5, 5.41) is 27.2. The van der Waals surface area contributed by atoms with Crippen molar-refractivity contribution < 1.29 is 24.5 Å². The van der Waals surface area contributed by atoms with Gasteiger partial charge in [0.25, 0.3) is 5.91 Å². The van der Waals surface area contributed by atoms with Crippen LogP contribution in [-0.4, -0.2) is 57.6 Å². The number of aromatic hydroxyl groups is 1. The van der Waals surface area contributed by atoms with Crippen LogP contribution in [0.3, 0.4) is 0 Å². The van der Waals surface area contributed by atoms with Gasteiger partial charge in [0.1, 0.15) is 17.1 Å². The molecular weight excluding hydrogens is 434 g/mol. The molecule has 3 aromatic rings. The Hall–Kier alpha value is -3.52. The summed E-state index contributed by atoms with van der Waals surface area (Å²) in [7, 11) is 0. The number of phenolic OH excluding ortho intramolecular Hbond substituents is 1. The molecule has 0 bridgehead atoms. The SMILES string of the molecule is CCCCOc1ccc([C@H]2c3c(-c4ccccc4O)n[nH]c3C(=O)N2CCCO)cc1OCC. The summed E-state index contributed by atoms with van der Waals surface area (Å²) < 4.78 is 11.8. The first-order valence-corrected chi connectivity index (χ1v) is 11.8. The maximum absolute atomic E-state index is 13.3. The van der Waals surface area contributed by atoms with Crippen LogP contribution in [0, 0.1) is 0 Å². The van der Waals surface area contributed by atoms with Crippen LogP contribution >= 0.6 is 0 Å². The molecule has 180 valence electrons. The molecule has 0 spiro atoms. The van der Waals surface area contributed by atoms with Crippen LogP contribution in [0.1, 0.15) is 60.8 Å². The molecule has 8 heteroatoms. The second-order valence-corrected chi connectivity index (χ2v) is 8.20. The van der Waals surface area contributed by atoms with E-state index >= 15 is 0 Å². The number of aliphatic hydroxyl groups excluding tert-OH is 1. The van der Waals surface area contributed by atoms with Crippen molar-refractivity contribution in [1.82, 2.24) is 15.1 Å². The maximum Gasteiger partial charge on any atom is 0.273 e. The van der Waals surface area contributed by atoms with Gasteiger partial charge in [0.15, 0.2) is 11.5 Å². The molecule has 1 aliphatic rings. The molecule has 34 heavy (non-hydrogen) atoms. The molecular formula is C26H31N3O5. The number of amides is 1. The Kier molecular flexibility index (Phi) is 7.37. The minimum atomic E-state index is -0.452. The standard InChI is InChI=1S/C26H31N3O5/c1-3-5-15-34-20-12-11-17(16-21(20)33-4-2)25-22-23(18-9-6-7-10-19(18)31)27-28-24(22)26(32)29(25)13-8-14-30/h6-7,9-12,16,25,30-31H,3-5,8,13-15H2,1-2H3,(H,27,28)/t25-/m0/s1. The Morgan fingerprint density at radius 1 is 1.09 bits per heavy atom. The monoisotopic (exact) mass is 465 g/mol. The minimum absolute atomic E-state index is 0.0244. The first-order chi connectivity index (χ1) is 16.6. The number of nitrogens with zero attached hydrogens (tertiary/aromatic N) is 2. The zero-order chi connectivity index (χ0) is 24.1. The van der Waals surface area contributed by atoms with Gasteiger partial charge in [-0.15, -0.1) is 0 Å². The molecule has 2 aromatic carbocycles. The predicted molar refractivity (Wildman–Crippen MR) is 128 cm³/mol. The van der Waals surface area contributed by atoms with Crippen molar-refractivity contribution in [1.29, 1.82) is 0 Å². The van der Waals surface area contributed by atoms with Gasteiger partial charge in [-0.3, -0.25) is 9.89 Å². The first-order valence-electron chi connectivity index (χ1n) is 11.8. The van der Waals surface area contributed by atoms with Crippen LogP contribution in [0.25, 0.3) is 11.3 Å². The summed E-state index contributed by atoms with van der Waals surface area (Å²) in [6, 6.07) is 12.2. The Morgan fingerprint density at radius 3 is 2.65 bits per heavy atom. The second kappa shape index (κ2) is 10.6. The Bertz CT molecular complexity index is 1140. The molecule has 0 aliphatic carbocycles. The molecule has 8 nitrogen and oxygen atoms in total. The maximum atomic E-state index is 13.3. The molecule has 1 atom stereocenters. The average molecular weight is 466 g/mol. The van der Waals surface area contributed by atoms with Gasteiger partial charge in [-0.1, -0.05) is 31.5 Å². The number of para-hydroxylation sites is 1. The highest BCUT2D eigenvalue weighted by Gasteiger charge is 2.42. The predicted octanol–water partition coefficient (Wildman–Crippen LogP) is 4.29. The van der Waals surface area contributed by atoms with Gasteiger partial charge in [0.05, 0.1) is 19.3 Å². The van der Waals surface area contributed by atoms with Crippen molar-refractivity contribution in [2.24, 2.45) is 0 Å². The van der Waals surface area contributed by atoms with Crippen LogP contribution in [0.2, 0.25) is 0 Å². The van der Waals surface area contributed by atoms with Crippen LogP contribution in [0.4, 0.5) is 0 Å². The molecule has 1 aliphatic heterocycles. The molecule has 1 aromatic heterocycles. The smallest absolute Gasteiger partial charge is 0.273 e. The number of nitrogens with one attached hydrogen (secondary N) is 1. The topological polar surface area (TPSA) is 108 Å². The number of rotatable bonds is 11. The summed E-state index contributed by atoms with van der Waals surface area (Å²) in [4.78, 5) is 15.0. The zero-order valence-corrected chi connectivity index (χ0v) is 19.6. The number of aromatic amines is 1. The number of hydrogen-bond donors (Lipinski definition) is 3. The second-order valence-electron chi connectivity index (χ2n) is 8.20. The molecule has 0 saturated carbocycles. The van der Waals surface area contributed by atoms with Crippen LogP contribution in [0.5, 0.6) is 17.2 Å². The number of hydrogen-bond acceptors (Lipinski definition) is 6. The van der Waals surface area contributed by atoms with E-state index in [1.807, 2.05) is 31.2 Å². The van der Waals surface area contributed by atoms with E-state index in [1.54, 1.807) is 23.1 Å². The Morgan fingerprint density at radius 2 is 1.91 bits per heavy atom. The summed E-state index contributed by atoms with van der Waals surface area (Å²) in [6.07, 6.45) is 2.43. The van der Waals surface area contributed by atoms with Crippen molar-refractivity contribution >= 4 is 5.91 Å². The van der Waals surface area contributed by atoms with E-state index in [2.05, 4.69) is 17.1 Å². The number of aromatic nitrogens is 2. The molecule has 0 fully saturated rings. The summed E-state index contributed by atoms with van der Waals surface area (Å²) in [6.45, 7) is 5.46. The van der Waals surface area contributed by atoms with Crippen molar-refractivity contribution in [3.05, 3.63) is 59.3 Å². The lowest BCUT2D eigenvalue weighted by atomic mass is 9.95.